The third-order valence-electron chi connectivity index (χ3n) is 6.87. The number of nitrogens with zero attached hydrogens (tertiary/aromatic N) is 4. The second kappa shape index (κ2) is 8.95. The zero-order chi connectivity index (χ0) is 19.5. The molecule has 0 saturated carbocycles. The van der Waals surface area contributed by atoms with E-state index in [4.69, 9.17) is 0 Å². The van der Waals surface area contributed by atoms with Crippen LogP contribution in [0.5, 0.6) is 0 Å². The number of hydrogen-bond acceptors (Lipinski definition) is 4. The molecule has 0 spiro atoms. The number of aryl methyl sites for hydroxylation is 1. The van der Waals surface area contributed by atoms with Crippen LogP contribution in [0.25, 0.3) is 10.9 Å². The number of rotatable bonds is 7. The number of fused-ring (bicyclic) bond motifs is 1. The first-order valence-electron chi connectivity index (χ1n) is 11.1. The predicted molar refractivity (Wildman–Crippen MR) is 116 cm³/mol. The fourth-order valence-corrected chi connectivity index (χ4v) is 5.08. The fourth-order valence-electron chi connectivity index (χ4n) is 5.08. The van der Waals surface area contributed by atoms with Crippen LogP contribution >= 0.6 is 0 Å². The van der Waals surface area contributed by atoms with Gasteiger partial charge >= 0.3 is 0 Å². The lowest BCUT2D eigenvalue weighted by Crippen LogP contribution is -2.48. The normalized spacial score (nSPS) is 25.1. The van der Waals surface area contributed by atoms with E-state index in [1.165, 1.54) is 42.6 Å². The fraction of sp³-hybridized carbons (Fsp3) is 0.652. The van der Waals surface area contributed by atoms with Crippen molar-refractivity contribution in [2.24, 2.45) is 11.8 Å². The van der Waals surface area contributed by atoms with Crippen LogP contribution in [0.4, 0.5) is 0 Å². The standard InChI is InChI=1S/C23H36N4O/c1-3-24-9-11-25(12-10-24)15-21-16-26(17-22(21)18-28)14-19-5-6-23-20(13-19)7-8-27(23)4-2/h5-8,13,21-22,28H,3-4,9-12,14-18H2,1-2H3/t21-,22-/m1/s1. The van der Waals surface area contributed by atoms with Gasteiger partial charge in [0.25, 0.3) is 0 Å². The van der Waals surface area contributed by atoms with E-state index < -0.39 is 0 Å². The van der Waals surface area contributed by atoms with E-state index >= 15 is 0 Å². The second-order valence-electron chi connectivity index (χ2n) is 8.63. The smallest absolute Gasteiger partial charge is 0.0480 e. The average Bonchev–Trinajstić information content (AvgIpc) is 3.31. The first-order chi connectivity index (χ1) is 13.7. The SMILES string of the molecule is CCN1CCN(C[C@@H]2CN(Cc3ccc4c(ccn4CC)c3)C[C@@H]2CO)CC1. The monoisotopic (exact) mass is 384 g/mol. The Morgan fingerprint density at radius 2 is 1.64 bits per heavy atom. The zero-order valence-electron chi connectivity index (χ0n) is 17.6. The van der Waals surface area contributed by atoms with Crippen molar-refractivity contribution in [2.75, 3.05) is 59.0 Å². The molecule has 154 valence electrons. The molecule has 1 aromatic heterocycles. The highest BCUT2D eigenvalue weighted by atomic mass is 16.3. The highest BCUT2D eigenvalue weighted by Gasteiger charge is 2.33. The van der Waals surface area contributed by atoms with E-state index in [0.717, 1.165) is 39.3 Å². The van der Waals surface area contributed by atoms with Crippen LogP contribution in [0, 0.1) is 11.8 Å². The summed E-state index contributed by atoms with van der Waals surface area (Å²) in [5, 5.41) is 11.3. The van der Waals surface area contributed by atoms with Crippen LogP contribution in [0.3, 0.4) is 0 Å². The van der Waals surface area contributed by atoms with Crippen molar-refractivity contribution in [2.45, 2.75) is 26.9 Å². The number of hydrogen-bond donors (Lipinski definition) is 1. The van der Waals surface area contributed by atoms with Gasteiger partial charge in [-0.1, -0.05) is 13.0 Å². The minimum atomic E-state index is 0.314. The van der Waals surface area contributed by atoms with Gasteiger partial charge in [0, 0.05) is 77.2 Å². The van der Waals surface area contributed by atoms with Gasteiger partial charge in [-0.3, -0.25) is 4.90 Å². The Kier molecular flexibility index (Phi) is 6.36. The van der Waals surface area contributed by atoms with Gasteiger partial charge in [0.1, 0.15) is 0 Å². The molecule has 2 aromatic rings. The third kappa shape index (κ3) is 4.28. The minimum absolute atomic E-state index is 0.314. The first kappa shape index (κ1) is 19.9. The second-order valence-corrected chi connectivity index (χ2v) is 8.63. The van der Waals surface area contributed by atoms with Gasteiger partial charge in [-0.15, -0.1) is 0 Å². The number of aliphatic hydroxyl groups is 1. The van der Waals surface area contributed by atoms with E-state index in [0.29, 0.717) is 18.4 Å². The Hall–Kier alpha value is -1.40. The summed E-state index contributed by atoms with van der Waals surface area (Å²) in [4.78, 5) is 7.69. The molecule has 1 aromatic carbocycles. The lowest BCUT2D eigenvalue weighted by Gasteiger charge is -2.36. The molecule has 4 rings (SSSR count). The number of piperazine rings is 1. The molecule has 2 aliphatic rings. The van der Waals surface area contributed by atoms with Crippen LogP contribution in [0.2, 0.25) is 0 Å². The van der Waals surface area contributed by atoms with E-state index in [1.807, 2.05) is 0 Å². The van der Waals surface area contributed by atoms with Crippen molar-refractivity contribution in [1.82, 2.24) is 19.3 Å². The van der Waals surface area contributed by atoms with Crippen molar-refractivity contribution in [1.29, 1.82) is 0 Å². The summed E-state index contributed by atoms with van der Waals surface area (Å²) in [6, 6.07) is 9.10. The van der Waals surface area contributed by atoms with Gasteiger partial charge < -0.3 is 19.5 Å². The molecule has 2 saturated heterocycles. The zero-order valence-corrected chi connectivity index (χ0v) is 17.6. The molecule has 5 nitrogen and oxygen atoms in total. The number of likely N-dealkylation sites (tertiary alicyclic amines) is 1. The maximum atomic E-state index is 9.94. The molecule has 0 amide bonds. The highest BCUT2D eigenvalue weighted by Crippen LogP contribution is 2.27. The predicted octanol–water partition coefficient (Wildman–Crippen LogP) is 2.34. The van der Waals surface area contributed by atoms with Crippen LogP contribution in [0.1, 0.15) is 19.4 Å². The molecule has 2 atom stereocenters. The molecule has 0 aliphatic carbocycles. The number of likely N-dealkylation sites (N-methyl/N-ethyl adjacent to an activating group) is 1. The van der Waals surface area contributed by atoms with Crippen LogP contribution in [-0.2, 0) is 13.1 Å². The molecule has 0 unspecified atom stereocenters. The van der Waals surface area contributed by atoms with E-state index in [1.54, 1.807) is 0 Å². The Labute approximate surface area is 169 Å². The Morgan fingerprint density at radius 3 is 2.36 bits per heavy atom. The lowest BCUT2D eigenvalue weighted by atomic mass is 9.96. The van der Waals surface area contributed by atoms with Gasteiger partial charge in [0.2, 0.25) is 0 Å². The van der Waals surface area contributed by atoms with Gasteiger partial charge in [-0.2, -0.15) is 0 Å². The molecule has 2 fully saturated rings. The summed E-state index contributed by atoms with van der Waals surface area (Å²) in [6.07, 6.45) is 2.18. The number of aliphatic hydroxyl groups excluding tert-OH is 1. The van der Waals surface area contributed by atoms with Crippen molar-refractivity contribution in [3.8, 4) is 0 Å². The summed E-state index contributed by atoms with van der Waals surface area (Å²) in [7, 11) is 0. The number of benzene rings is 1. The lowest BCUT2D eigenvalue weighted by molar-refractivity contribution is 0.106. The first-order valence-corrected chi connectivity index (χ1v) is 11.1. The maximum absolute atomic E-state index is 9.94. The summed E-state index contributed by atoms with van der Waals surface area (Å²) >= 11 is 0. The molecule has 5 heteroatoms. The molecule has 1 N–H and O–H groups in total. The molecule has 3 heterocycles. The Morgan fingerprint density at radius 1 is 0.893 bits per heavy atom. The summed E-state index contributed by atoms with van der Waals surface area (Å²) in [5.74, 6) is 0.997. The molecular formula is C23H36N4O. The Balaban J connectivity index is 1.36. The summed E-state index contributed by atoms with van der Waals surface area (Å²) in [5.41, 5.74) is 2.71. The van der Waals surface area contributed by atoms with Crippen LogP contribution in [0.15, 0.2) is 30.5 Å². The largest absolute Gasteiger partial charge is 0.396 e. The third-order valence-corrected chi connectivity index (χ3v) is 6.87. The van der Waals surface area contributed by atoms with Gasteiger partial charge in [0.05, 0.1) is 0 Å². The quantitative estimate of drug-likeness (QED) is 0.795. The Bertz CT molecular complexity index is 765. The maximum Gasteiger partial charge on any atom is 0.0480 e. The van der Waals surface area contributed by atoms with Crippen molar-refractivity contribution in [3.63, 3.8) is 0 Å². The topological polar surface area (TPSA) is 34.9 Å². The van der Waals surface area contributed by atoms with E-state index in [-0.39, 0.29) is 0 Å². The minimum Gasteiger partial charge on any atom is -0.396 e. The van der Waals surface area contributed by atoms with Crippen molar-refractivity contribution >= 4 is 10.9 Å². The molecule has 28 heavy (non-hydrogen) atoms. The van der Waals surface area contributed by atoms with Gasteiger partial charge in [-0.25, -0.2) is 0 Å². The molecule has 0 bridgehead atoms. The van der Waals surface area contributed by atoms with Crippen molar-refractivity contribution in [3.05, 3.63) is 36.0 Å². The van der Waals surface area contributed by atoms with E-state index in [2.05, 4.69) is 63.6 Å². The molecule has 2 aliphatic heterocycles. The highest BCUT2D eigenvalue weighted by molar-refractivity contribution is 5.80. The summed E-state index contributed by atoms with van der Waals surface area (Å²) in [6.45, 7) is 15.9. The summed E-state index contributed by atoms with van der Waals surface area (Å²) < 4.78 is 2.30. The van der Waals surface area contributed by atoms with Crippen LogP contribution in [-0.4, -0.2) is 83.3 Å². The van der Waals surface area contributed by atoms with Crippen molar-refractivity contribution < 1.29 is 5.11 Å². The number of aromatic nitrogens is 1. The van der Waals surface area contributed by atoms with Gasteiger partial charge in [-0.05, 0) is 54.5 Å². The van der Waals surface area contributed by atoms with Gasteiger partial charge in [0.15, 0.2) is 0 Å². The molecule has 0 radical (unpaired) electrons. The van der Waals surface area contributed by atoms with Crippen LogP contribution < -0.4 is 0 Å². The van der Waals surface area contributed by atoms with E-state index in [9.17, 15) is 5.11 Å². The average molecular weight is 385 g/mol. The molecular weight excluding hydrogens is 348 g/mol.